The van der Waals surface area contributed by atoms with Gasteiger partial charge < -0.3 is 0 Å². The number of nitriles is 1. The van der Waals surface area contributed by atoms with E-state index in [4.69, 9.17) is 5.26 Å². The Hall–Kier alpha value is -1.88. The molecule has 0 atom stereocenters. The van der Waals surface area contributed by atoms with Gasteiger partial charge in [-0.2, -0.15) is 9.65 Å². The molecule has 186 valence electrons. The lowest BCUT2D eigenvalue weighted by Gasteiger charge is -2.37. The molecule has 0 N–H and O–H groups in total. The normalized spacial score (nSPS) is 26.0. The number of aryl methyl sites for hydroxylation is 2. The van der Waals surface area contributed by atoms with E-state index in [1.54, 1.807) is 6.08 Å². The average molecular weight is 464 g/mol. The van der Waals surface area contributed by atoms with Crippen LogP contribution in [0.25, 0.3) is 0 Å². The summed E-state index contributed by atoms with van der Waals surface area (Å²) in [5.41, 5.74) is 3.02. The van der Waals surface area contributed by atoms with E-state index in [0.29, 0.717) is 5.92 Å². The van der Waals surface area contributed by atoms with Crippen molar-refractivity contribution in [3.63, 3.8) is 0 Å². The smallest absolute Gasteiger partial charge is 0.195 e. The monoisotopic (exact) mass is 463 g/mol. The van der Waals surface area contributed by atoms with Crippen LogP contribution >= 0.6 is 0 Å². The highest BCUT2D eigenvalue weighted by Gasteiger charge is 2.30. The van der Waals surface area contributed by atoms with Crippen molar-refractivity contribution in [2.75, 3.05) is 0 Å². The molecule has 0 saturated heterocycles. The summed E-state index contributed by atoms with van der Waals surface area (Å²) in [5, 5.41) is 8.49. The lowest BCUT2D eigenvalue weighted by atomic mass is 9.68. The topological polar surface area (TPSA) is 23.8 Å². The summed E-state index contributed by atoms with van der Waals surface area (Å²) < 4.78 is 12.9. The van der Waals surface area contributed by atoms with Crippen molar-refractivity contribution >= 4 is 0 Å². The lowest BCUT2D eigenvalue weighted by Crippen LogP contribution is -2.25. The van der Waals surface area contributed by atoms with Gasteiger partial charge in [-0.15, -0.1) is 0 Å². The number of benzene rings is 1. The molecule has 2 fully saturated rings. The van der Waals surface area contributed by atoms with Crippen LogP contribution in [0.15, 0.2) is 48.3 Å². The third-order valence-corrected chi connectivity index (χ3v) is 8.53. The second-order valence-corrected chi connectivity index (χ2v) is 11.0. The standard InChI is InChI=1S/C32H46FN/c1-2-3-4-8-26-13-15-27(16-14-26)9-5-6-10-28-17-21-30(22-18-28)31-23-19-29(20-24-31)11-7-12-32(33)25-34/h7,11-16,28-31H,2-6,8-10,17-24H2,1H3/b11-7+,32-12-. The van der Waals surface area contributed by atoms with Gasteiger partial charge in [0.25, 0.3) is 0 Å². The fourth-order valence-corrected chi connectivity index (χ4v) is 6.31. The maximum Gasteiger partial charge on any atom is 0.199 e. The fourth-order valence-electron chi connectivity index (χ4n) is 6.31. The van der Waals surface area contributed by atoms with Gasteiger partial charge in [-0.3, -0.25) is 0 Å². The molecular formula is C32H46FN. The van der Waals surface area contributed by atoms with Gasteiger partial charge in [-0.1, -0.05) is 81.9 Å². The molecule has 1 aromatic rings. The summed E-state index contributed by atoms with van der Waals surface area (Å²) >= 11 is 0. The maximum absolute atomic E-state index is 12.9. The highest BCUT2D eigenvalue weighted by atomic mass is 19.1. The first-order valence-electron chi connectivity index (χ1n) is 14.2. The third kappa shape index (κ3) is 9.40. The minimum absolute atomic E-state index is 0.563. The Morgan fingerprint density at radius 3 is 1.97 bits per heavy atom. The molecule has 0 radical (unpaired) electrons. The zero-order valence-corrected chi connectivity index (χ0v) is 21.5. The van der Waals surface area contributed by atoms with E-state index in [0.717, 1.165) is 17.8 Å². The largest absolute Gasteiger partial charge is 0.199 e. The van der Waals surface area contributed by atoms with Crippen molar-refractivity contribution in [3.05, 3.63) is 59.4 Å². The molecule has 0 unspecified atom stereocenters. The lowest BCUT2D eigenvalue weighted by molar-refractivity contribution is 0.151. The van der Waals surface area contributed by atoms with Gasteiger partial charge in [-0.05, 0) is 105 Å². The second-order valence-electron chi connectivity index (χ2n) is 11.0. The zero-order valence-electron chi connectivity index (χ0n) is 21.5. The molecule has 34 heavy (non-hydrogen) atoms. The molecule has 2 heteroatoms. The van der Waals surface area contributed by atoms with Crippen molar-refractivity contribution in [3.8, 4) is 6.07 Å². The van der Waals surface area contributed by atoms with Crippen LogP contribution in [0.1, 0.15) is 108 Å². The quantitative estimate of drug-likeness (QED) is 0.172. The number of hydrogen-bond acceptors (Lipinski definition) is 1. The number of allylic oxidation sites excluding steroid dienone is 4. The molecule has 2 aliphatic rings. The minimum Gasteiger partial charge on any atom is -0.195 e. The van der Waals surface area contributed by atoms with E-state index in [1.165, 1.54) is 126 Å². The Balaban J connectivity index is 1.26. The molecule has 1 nitrogen and oxygen atoms in total. The van der Waals surface area contributed by atoms with Gasteiger partial charge in [-0.25, -0.2) is 0 Å². The van der Waals surface area contributed by atoms with Crippen molar-refractivity contribution in [2.45, 2.75) is 110 Å². The molecule has 3 rings (SSSR count). The van der Waals surface area contributed by atoms with E-state index in [-0.39, 0.29) is 0 Å². The van der Waals surface area contributed by atoms with Gasteiger partial charge in [0.15, 0.2) is 5.83 Å². The number of rotatable bonds is 12. The first kappa shape index (κ1) is 26.7. The molecule has 1 aromatic carbocycles. The Bertz CT molecular complexity index is 783. The Kier molecular flexibility index (Phi) is 11.9. The first-order valence-corrected chi connectivity index (χ1v) is 14.2. The summed E-state index contributed by atoms with van der Waals surface area (Å²) in [6.45, 7) is 2.27. The molecule has 0 aromatic heterocycles. The van der Waals surface area contributed by atoms with Crippen molar-refractivity contribution in [1.82, 2.24) is 0 Å². The average Bonchev–Trinajstić information content (AvgIpc) is 2.88. The zero-order chi connectivity index (χ0) is 24.0. The van der Waals surface area contributed by atoms with Crippen LogP contribution in [0.4, 0.5) is 4.39 Å². The summed E-state index contributed by atoms with van der Waals surface area (Å²) in [5.74, 6) is 2.66. The van der Waals surface area contributed by atoms with Crippen molar-refractivity contribution in [2.24, 2.45) is 23.7 Å². The molecule has 0 spiro atoms. The SMILES string of the molecule is CCCCCc1ccc(CCCCC2CCC(C3CCC(/C=C/C=C(\F)C#N)CC3)CC2)cc1. The number of hydrogen-bond donors (Lipinski definition) is 0. The first-order chi connectivity index (χ1) is 16.7. The molecule has 0 amide bonds. The molecule has 0 heterocycles. The van der Waals surface area contributed by atoms with E-state index in [9.17, 15) is 4.39 Å². The van der Waals surface area contributed by atoms with Crippen molar-refractivity contribution < 1.29 is 4.39 Å². The van der Waals surface area contributed by atoms with Gasteiger partial charge in [0.1, 0.15) is 6.07 Å². The minimum atomic E-state index is -0.700. The summed E-state index contributed by atoms with van der Waals surface area (Å²) in [4.78, 5) is 0. The Morgan fingerprint density at radius 2 is 1.41 bits per heavy atom. The van der Waals surface area contributed by atoms with Gasteiger partial charge in [0.05, 0.1) is 0 Å². The second kappa shape index (κ2) is 15.2. The number of halogens is 1. The van der Waals surface area contributed by atoms with Crippen LogP contribution < -0.4 is 0 Å². The Labute approximate surface area is 208 Å². The van der Waals surface area contributed by atoms with Crippen LogP contribution in [-0.2, 0) is 12.8 Å². The summed E-state index contributed by atoms with van der Waals surface area (Å²) in [6, 6.07) is 10.9. The van der Waals surface area contributed by atoms with E-state index < -0.39 is 5.83 Å². The van der Waals surface area contributed by atoms with E-state index in [2.05, 4.69) is 37.3 Å². The number of nitrogens with zero attached hydrogens (tertiary/aromatic N) is 1. The Morgan fingerprint density at radius 1 is 0.853 bits per heavy atom. The van der Waals surface area contributed by atoms with E-state index >= 15 is 0 Å². The van der Waals surface area contributed by atoms with Gasteiger partial charge in [0, 0.05) is 0 Å². The van der Waals surface area contributed by atoms with Crippen molar-refractivity contribution in [1.29, 1.82) is 5.26 Å². The maximum atomic E-state index is 12.9. The predicted molar refractivity (Wildman–Crippen MR) is 142 cm³/mol. The van der Waals surface area contributed by atoms with Gasteiger partial charge >= 0.3 is 0 Å². The third-order valence-electron chi connectivity index (χ3n) is 8.53. The molecule has 0 aliphatic heterocycles. The summed E-state index contributed by atoms with van der Waals surface area (Å²) in [7, 11) is 0. The van der Waals surface area contributed by atoms with Crippen LogP contribution in [0.5, 0.6) is 0 Å². The highest BCUT2D eigenvalue weighted by molar-refractivity contribution is 5.22. The van der Waals surface area contributed by atoms with E-state index in [1.807, 2.05) is 0 Å². The molecular weight excluding hydrogens is 417 g/mol. The molecule has 0 bridgehead atoms. The van der Waals surface area contributed by atoms with Crippen LogP contribution in [0.2, 0.25) is 0 Å². The number of unbranched alkanes of at least 4 members (excludes halogenated alkanes) is 3. The predicted octanol–water partition coefficient (Wildman–Crippen LogP) is 9.68. The highest BCUT2D eigenvalue weighted by Crippen LogP contribution is 2.42. The van der Waals surface area contributed by atoms with Crippen LogP contribution in [0.3, 0.4) is 0 Å². The molecule has 2 saturated carbocycles. The van der Waals surface area contributed by atoms with Crippen LogP contribution in [0, 0.1) is 35.0 Å². The summed E-state index contributed by atoms with van der Waals surface area (Å²) in [6.07, 6.45) is 26.5. The van der Waals surface area contributed by atoms with Gasteiger partial charge in [0.2, 0.25) is 0 Å². The fraction of sp³-hybridized carbons (Fsp3) is 0.656. The molecule has 2 aliphatic carbocycles. The van der Waals surface area contributed by atoms with Crippen LogP contribution in [-0.4, -0.2) is 0 Å².